The number of esters is 1. The van der Waals surface area contributed by atoms with Crippen LogP contribution in [0.3, 0.4) is 0 Å². The SMILES string of the molecule is COC(=O)c1ccc(C(=O)C(c2ccccc2)c2ccccc2)cc1. The molecule has 0 heterocycles. The van der Waals surface area contributed by atoms with Gasteiger partial charge in [0.15, 0.2) is 5.78 Å². The molecule has 3 rings (SSSR count). The smallest absolute Gasteiger partial charge is 0.337 e. The van der Waals surface area contributed by atoms with Crippen LogP contribution in [-0.2, 0) is 4.74 Å². The summed E-state index contributed by atoms with van der Waals surface area (Å²) < 4.78 is 4.70. The molecule has 0 aliphatic heterocycles. The van der Waals surface area contributed by atoms with Gasteiger partial charge in [0.05, 0.1) is 18.6 Å². The van der Waals surface area contributed by atoms with Crippen LogP contribution in [0.25, 0.3) is 0 Å². The number of carbonyl (C=O) groups excluding carboxylic acids is 2. The van der Waals surface area contributed by atoms with E-state index < -0.39 is 5.97 Å². The van der Waals surface area contributed by atoms with Crippen molar-refractivity contribution in [3.05, 3.63) is 107 Å². The lowest BCUT2D eigenvalue weighted by Crippen LogP contribution is -2.14. The van der Waals surface area contributed by atoms with Crippen molar-refractivity contribution < 1.29 is 14.3 Å². The molecule has 0 bridgehead atoms. The summed E-state index contributed by atoms with van der Waals surface area (Å²) in [5.74, 6) is -0.804. The molecule has 3 heteroatoms. The minimum absolute atomic E-state index is 0.00573. The molecule has 25 heavy (non-hydrogen) atoms. The van der Waals surface area contributed by atoms with Crippen LogP contribution in [0.15, 0.2) is 84.9 Å². The number of Topliss-reactive ketones (excluding diaryl/α,β-unsaturated/α-hetero) is 1. The van der Waals surface area contributed by atoms with Crippen molar-refractivity contribution in [2.45, 2.75) is 5.92 Å². The molecule has 0 aromatic heterocycles. The van der Waals surface area contributed by atoms with Gasteiger partial charge in [0, 0.05) is 5.56 Å². The summed E-state index contributed by atoms with van der Waals surface area (Å²) in [6.07, 6.45) is 0. The highest BCUT2D eigenvalue weighted by Gasteiger charge is 2.24. The predicted octanol–water partition coefficient (Wildman–Crippen LogP) is 4.49. The summed E-state index contributed by atoms with van der Waals surface area (Å²) in [5.41, 5.74) is 2.87. The molecular weight excluding hydrogens is 312 g/mol. The lowest BCUT2D eigenvalue weighted by Gasteiger charge is -2.17. The second-order valence-electron chi connectivity index (χ2n) is 5.69. The molecular formula is C22H18O3. The van der Waals surface area contributed by atoms with Crippen LogP contribution in [0, 0.1) is 0 Å². The first-order valence-corrected chi connectivity index (χ1v) is 8.03. The number of methoxy groups -OCH3 is 1. The van der Waals surface area contributed by atoms with E-state index >= 15 is 0 Å². The molecule has 0 radical (unpaired) electrons. The van der Waals surface area contributed by atoms with E-state index in [1.54, 1.807) is 24.3 Å². The van der Waals surface area contributed by atoms with Gasteiger partial charge in [-0.25, -0.2) is 4.79 Å². The fraction of sp³-hybridized carbons (Fsp3) is 0.0909. The Morgan fingerprint density at radius 1 is 0.680 bits per heavy atom. The summed E-state index contributed by atoms with van der Waals surface area (Å²) in [5, 5.41) is 0. The Labute approximate surface area is 146 Å². The quantitative estimate of drug-likeness (QED) is 0.511. The Morgan fingerprint density at radius 2 is 1.12 bits per heavy atom. The van der Waals surface area contributed by atoms with Gasteiger partial charge in [0.1, 0.15) is 0 Å². The fourth-order valence-corrected chi connectivity index (χ4v) is 2.84. The van der Waals surface area contributed by atoms with Crippen LogP contribution in [0.4, 0.5) is 0 Å². The number of carbonyl (C=O) groups is 2. The van der Waals surface area contributed by atoms with Crippen molar-refractivity contribution >= 4 is 11.8 Å². The monoisotopic (exact) mass is 330 g/mol. The van der Waals surface area contributed by atoms with Crippen molar-refractivity contribution in [1.82, 2.24) is 0 Å². The molecule has 3 aromatic carbocycles. The van der Waals surface area contributed by atoms with E-state index in [1.807, 2.05) is 60.7 Å². The van der Waals surface area contributed by atoms with Crippen molar-refractivity contribution in [1.29, 1.82) is 0 Å². The Kier molecular flexibility index (Phi) is 5.05. The van der Waals surface area contributed by atoms with E-state index in [0.717, 1.165) is 11.1 Å². The van der Waals surface area contributed by atoms with Gasteiger partial charge < -0.3 is 4.74 Å². The third-order valence-electron chi connectivity index (χ3n) is 4.12. The van der Waals surface area contributed by atoms with E-state index in [1.165, 1.54) is 7.11 Å². The largest absolute Gasteiger partial charge is 0.465 e. The summed E-state index contributed by atoms with van der Waals surface area (Å²) in [4.78, 5) is 24.7. The molecule has 0 spiro atoms. The molecule has 3 nitrogen and oxygen atoms in total. The normalized spacial score (nSPS) is 10.5. The maximum atomic E-state index is 13.2. The van der Waals surface area contributed by atoms with Gasteiger partial charge in [0.2, 0.25) is 0 Å². The Bertz CT molecular complexity index is 813. The van der Waals surface area contributed by atoms with Crippen LogP contribution in [0.1, 0.15) is 37.8 Å². The first-order valence-electron chi connectivity index (χ1n) is 8.03. The highest BCUT2D eigenvalue weighted by Crippen LogP contribution is 2.28. The molecule has 0 N–H and O–H groups in total. The minimum Gasteiger partial charge on any atom is -0.465 e. The molecule has 0 saturated carbocycles. The Balaban J connectivity index is 1.99. The van der Waals surface area contributed by atoms with Gasteiger partial charge in [-0.1, -0.05) is 72.8 Å². The molecule has 0 saturated heterocycles. The average Bonchev–Trinajstić information content (AvgIpc) is 2.69. The van der Waals surface area contributed by atoms with E-state index in [-0.39, 0.29) is 11.7 Å². The third kappa shape index (κ3) is 3.66. The lowest BCUT2D eigenvalue weighted by molar-refractivity contribution is 0.0600. The lowest BCUT2D eigenvalue weighted by atomic mass is 9.85. The van der Waals surface area contributed by atoms with Crippen molar-refractivity contribution in [2.24, 2.45) is 0 Å². The number of hydrogen-bond acceptors (Lipinski definition) is 3. The summed E-state index contributed by atoms with van der Waals surface area (Å²) in [6, 6.07) is 26.0. The Morgan fingerprint density at radius 3 is 1.56 bits per heavy atom. The zero-order valence-corrected chi connectivity index (χ0v) is 13.9. The van der Waals surface area contributed by atoms with Crippen LogP contribution in [0.2, 0.25) is 0 Å². The van der Waals surface area contributed by atoms with Gasteiger partial charge in [0.25, 0.3) is 0 Å². The maximum Gasteiger partial charge on any atom is 0.337 e. The fourth-order valence-electron chi connectivity index (χ4n) is 2.84. The van der Waals surface area contributed by atoms with E-state index in [2.05, 4.69) is 0 Å². The Hall–Kier alpha value is -3.20. The molecule has 0 fully saturated rings. The number of ketones is 1. The summed E-state index contributed by atoms with van der Waals surface area (Å²) >= 11 is 0. The number of hydrogen-bond donors (Lipinski definition) is 0. The highest BCUT2D eigenvalue weighted by atomic mass is 16.5. The molecule has 0 amide bonds. The highest BCUT2D eigenvalue weighted by molar-refractivity contribution is 6.03. The van der Waals surface area contributed by atoms with E-state index in [0.29, 0.717) is 11.1 Å². The van der Waals surface area contributed by atoms with Gasteiger partial charge in [-0.05, 0) is 23.3 Å². The topological polar surface area (TPSA) is 43.4 Å². The van der Waals surface area contributed by atoms with Gasteiger partial charge >= 0.3 is 5.97 Å². The molecule has 3 aromatic rings. The van der Waals surface area contributed by atoms with Crippen molar-refractivity contribution in [3.8, 4) is 0 Å². The molecule has 0 unspecified atom stereocenters. The zero-order chi connectivity index (χ0) is 17.6. The van der Waals surface area contributed by atoms with Gasteiger partial charge in [-0.15, -0.1) is 0 Å². The van der Waals surface area contributed by atoms with Crippen LogP contribution < -0.4 is 0 Å². The van der Waals surface area contributed by atoms with Gasteiger partial charge in [-0.3, -0.25) is 4.79 Å². The minimum atomic E-state index is -0.415. The maximum absolute atomic E-state index is 13.2. The number of benzene rings is 3. The van der Waals surface area contributed by atoms with E-state index in [4.69, 9.17) is 4.74 Å². The molecule has 0 aliphatic rings. The van der Waals surface area contributed by atoms with Gasteiger partial charge in [-0.2, -0.15) is 0 Å². The number of ether oxygens (including phenoxy) is 1. The van der Waals surface area contributed by atoms with E-state index in [9.17, 15) is 9.59 Å². The summed E-state index contributed by atoms with van der Waals surface area (Å²) in [6.45, 7) is 0. The molecule has 0 atom stereocenters. The third-order valence-corrected chi connectivity index (χ3v) is 4.12. The van der Waals surface area contributed by atoms with Crippen molar-refractivity contribution in [2.75, 3.05) is 7.11 Å². The van der Waals surface area contributed by atoms with Crippen LogP contribution >= 0.6 is 0 Å². The first kappa shape index (κ1) is 16.7. The molecule has 124 valence electrons. The summed E-state index contributed by atoms with van der Waals surface area (Å²) in [7, 11) is 1.34. The molecule has 0 aliphatic carbocycles. The van der Waals surface area contributed by atoms with Crippen LogP contribution in [0.5, 0.6) is 0 Å². The standard InChI is InChI=1S/C22H18O3/c1-25-22(24)19-14-12-18(13-15-19)21(23)20(16-8-4-2-5-9-16)17-10-6-3-7-11-17/h2-15,20H,1H3. The average molecular weight is 330 g/mol. The second kappa shape index (κ2) is 7.58. The number of rotatable bonds is 5. The zero-order valence-electron chi connectivity index (χ0n) is 13.9. The van der Waals surface area contributed by atoms with Crippen LogP contribution in [-0.4, -0.2) is 18.9 Å². The first-order chi connectivity index (χ1) is 12.2. The van der Waals surface area contributed by atoms with Crippen molar-refractivity contribution in [3.63, 3.8) is 0 Å². The second-order valence-corrected chi connectivity index (χ2v) is 5.69. The predicted molar refractivity (Wildman–Crippen MR) is 96.8 cm³/mol.